The molecule has 0 amide bonds. The molecule has 0 saturated carbocycles. The van der Waals surface area contributed by atoms with E-state index < -0.39 is 0 Å². The molecule has 1 aliphatic rings. The van der Waals surface area contributed by atoms with Gasteiger partial charge in [-0.1, -0.05) is 12.1 Å². The first-order valence-electron chi connectivity index (χ1n) is 7.03. The molecule has 3 rings (SSSR count). The third-order valence-corrected chi connectivity index (χ3v) is 3.40. The van der Waals surface area contributed by atoms with E-state index in [2.05, 4.69) is 10.3 Å². The highest BCUT2D eigenvalue weighted by atomic mass is 16.5. The van der Waals surface area contributed by atoms with Crippen LogP contribution in [0.5, 0.6) is 11.5 Å². The van der Waals surface area contributed by atoms with Crippen LogP contribution in [-0.4, -0.2) is 23.3 Å². The Bertz CT molecular complexity index is 616. The Labute approximate surface area is 123 Å². The van der Waals surface area contributed by atoms with E-state index >= 15 is 0 Å². The molecular formula is C16H18N2O3. The molecule has 5 nitrogen and oxygen atoms in total. The van der Waals surface area contributed by atoms with Crippen LogP contribution in [0.4, 0.5) is 5.69 Å². The summed E-state index contributed by atoms with van der Waals surface area (Å²) in [7, 11) is 0. The summed E-state index contributed by atoms with van der Waals surface area (Å²) in [6.45, 7) is 1.92. The first-order valence-corrected chi connectivity index (χ1v) is 7.03. The summed E-state index contributed by atoms with van der Waals surface area (Å²) in [4.78, 5) is 4.08. The third-order valence-electron chi connectivity index (χ3n) is 3.40. The van der Waals surface area contributed by atoms with E-state index in [9.17, 15) is 5.11 Å². The van der Waals surface area contributed by atoms with Crippen LogP contribution in [0.2, 0.25) is 0 Å². The van der Waals surface area contributed by atoms with E-state index in [0.29, 0.717) is 19.8 Å². The van der Waals surface area contributed by atoms with E-state index in [4.69, 9.17) is 9.47 Å². The Kier molecular flexibility index (Phi) is 4.21. The highest BCUT2D eigenvalue weighted by Gasteiger charge is 2.14. The summed E-state index contributed by atoms with van der Waals surface area (Å²) in [5.74, 6) is 1.59. The summed E-state index contributed by atoms with van der Waals surface area (Å²) in [6.07, 6.45) is 4.27. The summed E-state index contributed by atoms with van der Waals surface area (Å²) in [6, 6.07) is 7.69. The van der Waals surface area contributed by atoms with Gasteiger partial charge < -0.3 is 19.9 Å². The molecule has 5 heteroatoms. The van der Waals surface area contributed by atoms with Crippen LogP contribution in [0.25, 0.3) is 0 Å². The fourth-order valence-corrected chi connectivity index (χ4v) is 2.30. The smallest absolute Gasteiger partial charge is 0.166 e. The normalized spacial score (nSPS) is 13.6. The highest BCUT2D eigenvalue weighted by molar-refractivity contribution is 5.52. The Balaban J connectivity index is 1.79. The van der Waals surface area contributed by atoms with Crippen molar-refractivity contribution in [1.29, 1.82) is 0 Å². The van der Waals surface area contributed by atoms with Gasteiger partial charge in [0.1, 0.15) is 0 Å². The lowest BCUT2D eigenvalue weighted by Crippen LogP contribution is -2.05. The molecule has 110 valence electrons. The molecule has 2 N–H and O–H groups in total. The van der Waals surface area contributed by atoms with Crippen molar-refractivity contribution in [3.63, 3.8) is 0 Å². The van der Waals surface area contributed by atoms with Gasteiger partial charge in [0.25, 0.3) is 0 Å². The second-order valence-electron chi connectivity index (χ2n) is 4.84. The van der Waals surface area contributed by atoms with Gasteiger partial charge in [-0.05, 0) is 12.1 Å². The van der Waals surface area contributed by atoms with E-state index in [1.165, 1.54) is 0 Å². The molecule has 0 fully saturated rings. The van der Waals surface area contributed by atoms with Gasteiger partial charge in [-0.25, -0.2) is 0 Å². The lowest BCUT2D eigenvalue weighted by molar-refractivity contribution is 0.282. The molecule has 0 bridgehead atoms. The number of fused-ring (bicyclic) bond motifs is 1. The highest BCUT2D eigenvalue weighted by Crippen LogP contribution is 2.33. The van der Waals surface area contributed by atoms with E-state index in [1.54, 1.807) is 18.5 Å². The molecule has 21 heavy (non-hydrogen) atoms. The third kappa shape index (κ3) is 3.08. The molecule has 1 aliphatic heterocycles. The maximum Gasteiger partial charge on any atom is 0.166 e. The largest absolute Gasteiger partial charge is 0.490 e. The molecule has 0 saturated heterocycles. The van der Waals surface area contributed by atoms with Crippen LogP contribution < -0.4 is 14.8 Å². The number of nitrogens with one attached hydrogen (secondary N) is 1. The van der Waals surface area contributed by atoms with Gasteiger partial charge in [0, 0.05) is 30.3 Å². The SMILES string of the molecule is OCc1ccncc1NCc1cccc2c1OCCCO2. The second kappa shape index (κ2) is 6.45. The number of ether oxygens (including phenoxy) is 2. The summed E-state index contributed by atoms with van der Waals surface area (Å²) < 4.78 is 11.5. The zero-order valence-electron chi connectivity index (χ0n) is 11.7. The predicted molar refractivity (Wildman–Crippen MR) is 79.5 cm³/mol. The van der Waals surface area contributed by atoms with Gasteiger partial charge in [0.05, 0.1) is 31.7 Å². The summed E-state index contributed by atoms with van der Waals surface area (Å²) in [5.41, 5.74) is 2.68. The molecule has 2 heterocycles. The number of rotatable bonds is 4. The van der Waals surface area contributed by atoms with Gasteiger partial charge in [-0.3, -0.25) is 4.98 Å². The van der Waals surface area contributed by atoms with Crippen molar-refractivity contribution >= 4 is 5.69 Å². The fourth-order valence-electron chi connectivity index (χ4n) is 2.30. The van der Waals surface area contributed by atoms with E-state index in [-0.39, 0.29) is 6.61 Å². The van der Waals surface area contributed by atoms with Crippen molar-refractivity contribution in [3.05, 3.63) is 47.8 Å². The summed E-state index contributed by atoms with van der Waals surface area (Å²) in [5, 5.41) is 12.6. The number of pyridine rings is 1. The number of benzene rings is 1. The first kappa shape index (κ1) is 13.7. The fraction of sp³-hybridized carbons (Fsp3) is 0.312. The Morgan fingerprint density at radius 2 is 2.05 bits per heavy atom. The zero-order chi connectivity index (χ0) is 14.5. The number of para-hydroxylation sites is 1. The van der Waals surface area contributed by atoms with Crippen molar-refractivity contribution in [3.8, 4) is 11.5 Å². The van der Waals surface area contributed by atoms with Crippen LogP contribution >= 0.6 is 0 Å². The van der Waals surface area contributed by atoms with Crippen LogP contribution in [-0.2, 0) is 13.2 Å². The second-order valence-corrected chi connectivity index (χ2v) is 4.84. The molecule has 2 aromatic rings. The number of aliphatic hydroxyl groups excluding tert-OH is 1. The Morgan fingerprint density at radius 3 is 2.95 bits per heavy atom. The number of aliphatic hydroxyl groups is 1. The minimum Gasteiger partial charge on any atom is -0.490 e. The first-order chi connectivity index (χ1) is 10.4. The number of anilines is 1. The number of hydrogen-bond donors (Lipinski definition) is 2. The monoisotopic (exact) mass is 286 g/mol. The lowest BCUT2D eigenvalue weighted by Gasteiger charge is -2.14. The molecular weight excluding hydrogens is 268 g/mol. The summed E-state index contributed by atoms with van der Waals surface area (Å²) >= 11 is 0. The molecule has 1 aromatic carbocycles. The minimum atomic E-state index is -0.0165. The maximum atomic E-state index is 9.33. The van der Waals surface area contributed by atoms with Crippen LogP contribution in [0.15, 0.2) is 36.7 Å². The van der Waals surface area contributed by atoms with Crippen molar-refractivity contribution in [2.45, 2.75) is 19.6 Å². The molecule has 0 aliphatic carbocycles. The lowest BCUT2D eigenvalue weighted by atomic mass is 10.1. The van der Waals surface area contributed by atoms with E-state index in [1.807, 2.05) is 18.2 Å². The molecule has 0 radical (unpaired) electrons. The van der Waals surface area contributed by atoms with Gasteiger partial charge in [0.15, 0.2) is 11.5 Å². The molecule has 0 spiro atoms. The quantitative estimate of drug-likeness (QED) is 0.903. The number of hydrogen-bond acceptors (Lipinski definition) is 5. The van der Waals surface area contributed by atoms with E-state index in [0.717, 1.165) is 34.7 Å². The van der Waals surface area contributed by atoms with Crippen molar-refractivity contribution in [1.82, 2.24) is 4.98 Å². The van der Waals surface area contributed by atoms with Gasteiger partial charge in [0.2, 0.25) is 0 Å². The maximum absolute atomic E-state index is 9.33. The van der Waals surface area contributed by atoms with Crippen LogP contribution in [0.3, 0.4) is 0 Å². The van der Waals surface area contributed by atoms with Crippen molar-refractivity contribution in [2.75, 3.05) is 18.5 Å². The molecule has 0 atom stereocenters. The Morgan fingerprint density at radius 1 is 1.14 bits per heavy atom. The minimum absolute atomic E-state index is 0.0165. The Hall–Kier alpha value is -2.27. The van der Waals surface area contributed by atoms with Crippen LogP contribution in [0, 0.1) is 0 Å². The average Bonchev–Trinajstić information content (AvgIpc) is 2.79. The van der Waals surface area contributed by atoms with Crippen molar-refractivity contribution in [2.24, 2.45) is 0 Å². The average molecular weight is 286 g/mol. The molecule has 0 unspecified atom stereocenters. The topological polar surface area (TPSA) is 63.6 Å². The molecule has 1 aromatic heterocycles. The van der Waals surface area contributed by atoms with Crippen LogP contribution in [0.1, 0.15) is 17.5 Å². The van der Waals surface area contributed by atoms with Gasteiger partial charge in [-0.15, -0.1) is 0 Å². The predicted octanol–water partition coefficient (Wildman–Crippen LogP) is 2.35. The van der Waals surface area contributed by atoms with Gasteiger partial charge >= 0.3 is 0 Å². The number of aromatic nitrogens is 1. The number of nitrogens with zero attached hydrogens (tertiary/aromatic N) is 1. The van der Waals surface area contributed by atoms with Crippen molar-refractivity contribution < 1.29 is 14.6 Å². The van der Waals surface area contributed by atoms with Gasteiger partial charge in [-0.2, -0.15) is 0 Å². The standard InChI is InChI=1S/C16H18N2O3/c19-11-13-5-6-17-10-14(13)18-9-12-3-1-4-15-16(12)21-8-2-7-20-15/h1,3-6,10,18-19H,2,7-9,11H2. The zero-order valence-corrected chi connectivity index (χ0v) is 11.7.